The van der Waals surface area contributed by atoms with E-state index in [9.17, 15) is 5.11 Å². The van der Waals surface area contributed by atoms with Crippen molar-refractivity contribution in [2.24, 2.45) is 0 Å². The molecule has 0 heterocycles. The number of hydrogen-bond acceptors (Lipinski definition) is 1. The second-order valence-corrected chi connectivity index (χ2v) is 4.29. The van der Waals surface area contributed by atoms with Gasteiger partial charge in [-0.3, -0.25) is 0 Å². The molecule has 1 nitrogen and oxygen atoms in total. The molecule has 0 amide bonds. The molecule has 0 unspecified atom stereocenters. The van der Waals surface area contributed by atoms with Crippen LogP contribution in [0.5, 0.6) is 0 Å². The molecule has 1 N–H and O–H groups in total. The Labute approximate surface area is 95.4 Å². The maximum absolute atomic E-state index is 9.85. The van der Waals surface area contributed by atoms with Crippen LogP contribution in [0.15, 0.2) is 48.5 Å². The zero-order chi connectivity index (χ0) is 11.0. The Kier molecular flexibility index (Phi) is 2.26. The van der Waals surface area contributed by atoms with Crippen molar-refractivity contribution in [3.63, 3.8) is 0 Å². The highest BCUT2D eigenvalue weighted by atomic mass is 16.3. The third-order valence-electron chi connectivity index (χ3n) is 3.32. The van der Waals surface area contributed by atoms with Gasteiger partial charge in [0.2, 0.25) is 0 Å². The zero-order valence-electron chi connectivity index (χ0n) is 9.06. The van der Waals surface area contributed by atoms with Crippen molar-refractivity contribution in [2.45, 2.75) is 18.9 Å². The maximum Gasteiger partial charge on any atom is 0.0796 e. The van der Waals surface area contributed by atoms with Crippen LogP contribution in [0.25, 0.3) is 11.1 Å². The fourth-order valence-electron chi connectivity index (χ4n) is 2.52. The van der Waals surface area contributed by atoms with E-state index in [1.54, 1.807) is 0 Å². The summed E-state index contributed by atoms with van der Waals surface area (Å²) in [6, 6.07) is 16.6. The van der Waals surface area contributed by atoms with E-state index < -0.39 is 0 Å². The number of aliphatic hydroxyl groups is 1. The summed E-state index contributed by atoms with van der Waals surface area (Å²) in [4.78, 5) is 0. The lowest BCUT2D eigenvalue weighted by Gasteiger charge is -2.09. The van der Waals surface area contributed by atoms with E-state index >= 15 is 0 Å². The number of hydrogen-bond donors (Lipinski definition) is 1. The monoisotopic (exact) mass is 210 g/mol. The van der Waals surface area contributed by atoms with Gasteiger partial charge >= 0.3 is 0 Å². The zero-order valence-corrected chi connectivity index (χ0v) is 9.06. The van der Waals surface area contributed by atoms with Crippen molar-refractivity contribution in [1.29, 1.82) is 0 Å². The van der Waals surface area contributed by atoms with Crippen LogP contribution in [-0.4, -0.2) is 5.11 Å². The Morgan fingerprint density at radius 3 is 2.56 bits per heavy atom. The molecular formula is C15H14O. The summed E-state index contributed by atoms with van der Waals surface area (Å²) in [6.45, 7) is 0. The predicted molar refractivity (Wildman–Crippen MR) is 65.2 cm³/mol. The first-order valence-electron chi connectivity index (χ1n) is 5.71. The fourth-order valence-corrected chi connectivity index (χ4v) is 2.52. The molecule has 1 aliphatic rings. The van der Waals surface area contributed by atoms with Crippen molar-refractivity contribution in [3.8, 4) is 11.1 Å². The molecule has 0 radical (unpaired) electrons. The van der Waals surface area contributed by atoms with E-state index in [2.05, 4.69) is 30.3 Å². The topological polar surface area (TPSA) is 20.2 Å². The number of benzene rings is 2. The van der Waals surface area contributed by atoms with Crippen LogP contribution in [0.2, 0.25) is 0 Å². The number of aliphatic hydroxyl groups excluding tert-OH is 1. The third kappa shape index (κ3) is 1.44. The molecular weight excluding hydrogens is 196 g/mol. The Morgan fingerprint density at radius 1 is 0.938 bits per heavy atom. The summed E-state index contributed by atoms with van der Waals surface area (Å²) in [7, 11) is 0. The van der Waals surface area contributed by atoms with E-state index in [0.29, 0.717) is 0 Å². The Hall–Kier alpha value is -1.60. The molecule has 1 heteroatoms. The summed E-state index contributed by atoms with van der Waals surface area (Å²) in [6.07, 6.45) is 1.58. The van der Waals surface area contributed by atoms with Gasteiger partial charge in [-0.15, -0.1) is 0 Å². The molecule has 1 atom stereocenters. The lowest BCUT2D eigenvalue weighted by Crippen LogP contribution is -1.91. The van der Waals surface area contributed by atoms with Gasteiger partial charge in [-0.2, -0.15) is 0 Å². The van der Waals surface area contributed by atoms with Crippen LogP contribution >= 0.6 is 0 Å². The van der Waals surface area contributed by atoms with Crippen LogP contribution in [0, 0.1) is 0 Å². The van der Waals surface area contributed by atoms with Crippen LogP contribution in [0.4, 0.5) is 0 Å². The van der Waals surface area contributed by atoms with Crippen molar-refractivity contribution in [3.05, 3.63) is 59.7 Å². The van der Waals surface area contributed by atoms with Crippen LogP contribution in [-0.2, 0) is 6.42 Å². The Morgan fingerprint density at radius 2 is 1.75 bits per heavy atom. The molecule has 0 spiro atoms. The van der Waals surface area contributed by atoms with Gasteiger partial charge in [0, 0.05) is 0 Å². The molecule has 0 saturated heterocycles. The molecule has 1 aliphatic carbocycles. The van der Waals surface area contributed by atoms with Gasteiger partial charge in [-0.1, -0.05) is 48.5 Å². The standard InChI is InChI=1S/C15H14O/c16-15-10-9-13-12(7-4-8-14(13)15)11-5-2-1-3-6-11/h1-8,15-16H,9-10H2/t15-/m1/s1. The molecule has 16 heavy (non-hydrogen) atoms. The summed E-state index contributed by atoms with van der Waals surface area (Å²) in [5.41, 5.74) is 4.95. The van der Waals surface area contributed by atoms with Gasteiger partial charge in [0.1, 0.15) is 0 Å². The minimum atomic E-state index is -0.265. The molecule has 2 aromatic rings. The van der Waals surface area contributed by atoms with Crippen molar-refractivity contribution < 1.29 is 5.11 Å². The molecule has 80 valence electrons. The average Bonchev–Trinajstić information content (AvgIpc) is 2.73. The first kappa shape index (κ1) is 9.61. The van der Waals surface area contributed by atoms with E-state index in [0.717, 1.165) is 18.4 Å². The molecule has 2 aromatic carbocycles. The van der Waals surface area contributed by atoms with Crippen LogP contribution in [0.3, 0.4) is 0 Å². The average molecular weight is 210 g/mol. The third-order valence-corrected chi connectivity index (χ3v) is 3.32. The van der Waals surface area contributed by atoms with Crippen molar-refractivity contribution in [2.75, 3.05) is 0 Å². The summed E-state index contributed by atoms with van der Waals surface area (Å²) >= 11 is 0. The highest BCUT2D eigenvalue weighted by molar-refractivity contribution is 5.69. The molecule has 0 fully saturated rings. The second kappa shape index (κ2) is 3.76. The van der Waals surface area contributed by atoms with Gasteiger partial charge in [-0.25, -0.2) is 0 Å². The van der Waals surface area contributed by atoms with Crippen LogP contribution < -0.4 is 0 Å². The van der Waals surface area contributed by atoms with Gasteiger partial charge in [0.25, 0.3) is 0 Å². The largest absolute Gasteiger partial charge is 0.388 e. The number of rotatable bonds is 1. The lowest BCUT2D eigenvalue weighted by molar-refractivity contribution is 0.180. The minimum absolute atomic E-state index is 0.265. The van der Waals surface area contributed by atoms with Gasteiger partial charge in [0.15, 0.2) is 0 Å². The van der Waals surface area contributed by atoms with Gasteiger partial charge in [-0.05, 0) is 35.1 Å². The first-order chi connectivity index (χ1) is 7.86. The number of fused-ring (bicyclic) bond motifs is 1. The highest BCUT2D eigenvalue weighted by Gasteiger charge is 2.22. The second-order valence-electron chi connectivity index (χ2n) is 4.29. The minimum Gasteiger partial charge on any atom is -0.388 e. The molecule has 3 rings (SSSR count). The summed E-state index contributed by atoms with van der Waals surface area (Å²) in [5.74, 6) is 0. The van der Waals surface area contributed by atoms with Gasteiger partial charge in [0.05, 0.1) is 6.10 Å². The lowest BCUT2D eigenvalue weighted by atomic mass is 9.97. The fraction of sp³-hybridized carbons (Fsp3) is 0.200. The smallest absolute Gasteiger partial charge is 0.0796 e. The van der Waals surface area contributed by atoms with E-state index in [-0.39, 0.29) is 6.10 Å². The van der Waals surface area contributed by atoms with E-state index in [1.807, 2.05) is 18.2 Å². The first-order valence-corrected chi connectivity index (χ1v) is 5.71. The van der Waals surface area contributed by atoms with Crippen molar-refractivity contribution >= 4 is 0 Å². The maximum atomic E-state index is 9.85. The molecule has 0 aromatic heterocycles. The van der Waals surface area contributed by atoms with E-state index in [1.165, 1.54) is 16.7 Å². The van der Waals surface area contributed by atoms with E-state index in [4.69, 9.17) is 0 Å². The highest BCUT2D eigenvalue weighted by Crippen LogP contribution is 2.37. The Balaban J connectivity index is 2.17. The SMILES string of the molecule is O[C@@H]1CCc2c(-c3ccccc3)cccc21. The molecule has 0 saturated carbocycles. The van der Waals surface area contributed by atoms with Crippen LogP contribution in [0.1, 0.15) is 23.7 Å². The normalized spacial score (nSPS) is 18.4. The molecule has 0 bridgehead atoms. The predicted octanol–water partition coefficient (Wildman–Crippen LogP) is 3.33. The van der Waals surface area contributed by atoms with Crippen molar-refractivity contribution in [1.82, 2.24) is 0 Å². The van der Waals surface area contributed by atoms with Gasteiger partial charge < -0.3 is 5.11 Å². The Bertz CT molecular complexity index is 502. The quantitative estimate of drug-likeness (QED) is 0.765. The summed E-state index contributed by atoms with van der Waals surface area (Å²) in [5, 5.41) is 9.85. The summed E-state index contributed by atoms with van der Waals surface area (Å²) < 4.78 is 0. The molecule has 0 aliphatic heterocycles.